The van der Waals surface area contributed by atoms with E-state index in [2.05, 4.69) is 27.3 Å². The minimum absolute atomic E-state index is 0.0840. The number of fused-ring (bicyclic) bond motifs is 1. The highest BCUT2D eigenvalue weighted by molar-refractivity contribution is 5.98. The van der Waals surface area contributed by atoms with E-state index in [1.807, 2.05) is 30.1 Å². The maximum absolute atomic E-state index is 14.3. The number of carbonyl (C=O) groups is 1. The molecule has 0 saturated carbocycles. The summed E-state index contributed by atoms with van der Waals surface area (Å²) in [4.78, 5) is 15.9. The smallest absolute Gasteiger partial charge is 0.248 e. The van der Waals surface area contributed by atoms with E-state index in [1.54, 1.807) is 22.8 Å². The third-order valence-corrected chi connectivity index (χ3v) is 4.04. The molecule has 0 fully saturated rings. The predicted molar refractivity (Wildman–Crippen MR) is 107 cm³/mol. The van der Waals surface area contributed by atoms with Gasteiger partial charge in [0.15, 0.2) is 11.6 Å². The van der Waals surface area contributed by atoms with Gasteiger partial charge >= 0.3 is 0 Å². The number of anilines is 3. The minimum Gasteiger partial charge on any atom is -0.434 e. The van der Waals surface area contributed by atoms with Gasteiger partial charge < -0.3 is 19.9 Å². The van der Waals surface area contributed by atoms with Gasteiger partial charge in [0.05, 0.1) is 5.69 Å². The first-order valence-corrected chi connectivity index (χ1v) is 8.67. The molecule has 146 valence electrons. The van der Waals surface area contributed by atoms with Gasteiger partial charge in [-0.25, -0.2) is 8.91 Å². The Labute approximate surface area is 165 Å². The van der Waals surface area contributed by atoms with E-state index in [0.29, 0.717) is 11.2 Å². The van der Waals surface area contributed by atoms with Crippen molar-refractivity contribution in [2.24, 2.45) is 7.05 Å². The van der Waals surface area contributed by atoms with Crippen LogP contribution in [0.25, 0.3) is 5.52 Å². The van der Waals surface area contributed by atoms with Gasteiger partial charge in [-0.15, -0.1) is 5.10 Å². The number of halogens is 1. The number of hydrogen-bond donors (Lipinski definition) is 2. The van der Waals surface area contributed by atoms with E-state index in [4.69, 9.17) is 4.74 Å². The van der Waals surface area contributed by atoms with Gasteiger partial charge in [0.25, 0.3) is 0 Å². The lowest BCUT2D eigenvalue weighted by molar-refractivity contribution is -0.111. The van der Waals surface area contributed by atoms with Gasteiger partial charge in [0.1, 0.15) is 5.52 Å². The summed E-state index contributed by atoms with van der Waals surface area (Å²) in [6.07, 6.45) is 6.61. The van der Waals surface area contributed by atoms with Crippen LogP contribution in [0, 0.1) is 5.82 Å². The number of amides is 1. The summed E-state index contributed by atoms with van der Waals surface area (Å²) in [6.45, 7) is 3.39. The van der Waals surface area contributed by atoms with E-state index >= 15 is 0 Å². The molecule has 0 aliphatic rings. The molecule has 1 aromatic carbocycles. The third-order valence-electron chi connectivity index (χ3n) is 4.04. The van der Waals surface area contributed by atoms with E-state index in [0.717, 1.165) is 11.8 Å². The molecular weight excluding hydrogens is 375 g/mol. The fourth-order valence-electron chi connectivity index (χ4n) is 2.70. The number of aromatic nitrogens is 4. The zero-order valence-corrected chi connectivity index (χ0v) is 15.5. The Morgan fingerprint density at radius 2 is 2.10 bits per heavy atom. The van der Waals surface area contributed by atoms with E-state index < -0.39 is 11.7 Å². The number of ether oxygens (including phenoxy) is 1. The number of benzene rings is 1. The molecule has 0 bridgehead atoms. The summed E-state index contributed by atoms with van der Waals surface area (Å²) in [5, 5.41) is 10.0. The molecule has 3 aromatic heterocycles. The highest BCUT2D eigenvalue weighted by atomic mass is 19.1. The molecule has 8 nitrogen and oxygen atoms in total. The molecule has 4 rings (SSSR count). The summed E-state index contributed by atoms with van der Waals surface area (Å²) < 4.78 is 23.5. The van der Waals surface area contributed by atoms with E-state index in [9.17, 15) is 9.18 Å². The van der Waals surface area contributed by atoms with Crippen LogP contribution in [-0.4, -0.2) is 25.1 Å². The second-order valence-corrected chi connectivity index (χ2v) is 6.21. The molecule has 3 heterocycles. The van der Waals surface area contributed by atoms with Crippen molar-refractivity contribution in [2.45, 2.75) is 0 Å². The largest absolute Gasteiger partial charge is 0.434 e. The number of aryl methyl sites for hydroxylation is 1. The van der Waals surface area contributed by atoms with Crippen LogP contribution in [0.5, 0.6) is 11.6 Å². The van der Waals surface area contributed by atoms with Crippen molar-refractivity contribution in [3.63, 3.8) is 0 Å². The van der Waals surface area contributed by atoms with Crippen molar-refractivity contribution in [2.75, 3.05) is 10.6 Å². The van der Waals surface area contributed by atoms with Crippen molar-refractivity contribution in [1.29, 1.82) is 0 Å². The fraction of sp³-hybridized carbons (Fsp3) is 0.0500. The number of nitrogens with one attached hydrogen (secondary N) is 2. The minimum atomic E-state index is -0.595. The van der Waals surface area contributed by atoms with E-state index in [-0.39, 0.29) is 17.6 Å². The summed E-state index contributed by atoms with van der Waals surface area (Å²) in [5.41, 5.74) is 1.73. The Bertz CT molecular complexity index is 1210. The van der Waals surface area contributed by atoms with Crippen molar-refractivity contribution in [3.8, 4) is 11.6 Å². The number of hydrogen-bond acceptors (Lipinski definition) is 5. The first-order chi connectivity index (χ1) is 14.0. The molecular formula is C20H17FN6O2. The van der Waals surface area contributed by atoms with Crippen molar-refractivity contribution >= 4 is 28.7 Å². The van der Waals surface area contributed by atoms with Crippen LogP contribution in [0.2, 0.25) is 0 Å². The Morgan fingerprint density at radius 3 is 2.86 bits per heavy atom. The summed E-state index contributed by atoms with van der Waals surface area (Å²) in [6, 6.07) is 9.41. The third kappa shape index (κ3) is 3.93. The topological polar surface area (TPSA) is 85.5 Å². The zero-order chi connectivity index (χ0) is 20.4. The monoisotopic (exact) mass is 392 g/mol. The highest BCUT2D eigenvalue weighted by Gasteiger charge is 2.14. The molecule has 0 aliphatic heterocycles. The molecule has 29 heavy (non-hydrogen) atoms. The average molecular weight is 392 g/mol. The van der Waals surface area contributed by atoms with Gasteiger partial charge in [0, 0.05) is 37.4 Å². The molecule has 0 saturated heterocycles. The molecule has 0 spiro atoms. The molecule has 0 radical (unpaired) electrons. The van der Waals surface area contributed by atoms with E-state index in [1.165, 1.54) is 18.2 Å². The van der Waals surface area contributed by atoms with Gasteiger partial charge in [0.2, 0.25) is 17.7 Å². The lowest BCUT2D eigenvalue weighted by atomic mass is 10.3. The number of rotatable bonds is 6. The van der Waals surface area contributed by atoms with Gasteiger partial charge in [-0.3, -0.25) is 4.79 Å². The van der Waals surface area contributed by atoms with Crippen LogP contribution in [0.1, 0.15) is 0 Å². The maximum atomic E-state index is 14.3. The zero-order valence-electron chi connectivity index (χ0n) is 15.5. The van der Waals surface area contributed by atoms with Crippen LogP contribution < -0.4 is 15.4 Å². The van der Waals surface area contributed by atoms with Gasteiger partial charge in [-0.1, -0.05) is 6.58 Å². The van der Waals surface area contributed by atoms with Crippen LogP contribution in [-0.2, 0) is 11.8 Å². The lowest BCUT2D eigenvalue weighted by Crippen LogP contribution is -2.08. The molecule has 0 atom stereocenters. The average Bonchev–Trinajstić information content (AvgIpc) is 3.33. The first kappa shape index (κ1) is 18.2. The molecule has 0 unspecified atom stereocenters. The van der Waals surface area contributed by atoms with Gasteiger partial charge in [-0.2, -0.15) is 4.98 Å². The second kappa shape index (κ2) is 7.47. The van der Waals surface area contributed by atoms with Crippen LogP contribution in [0.3, 0.4) is 0 Å². The van der Waals surface area contributed by atoms with Crippen LogP contribution in [0.15, 0.2) is 67.6 Å². The number of carbonyl (C=O) groups excluding carboxylic acids is 1. The normalized spacial score (nSPS) is 10.7. The van der Waals surface area contributed by atoms with Crippen LogP contribution in [0.4, 0.5) is 21.7 Å². The molecule has 0 aliphatic carbocycles. The standard InChI is InChI=1S/C20H17FN6O2/c1-3-18(28)22-13-6-7-15(21)17(11-13)29-19-16-5-4-9-27(16)25-20(24-19)23-14-8-10-26(2)12-14/h3-12H,1H2,2H3,(H,22,28)(H,23,25). The fourth-order valence-corrected chi connectivity index (χ4v) is 2.70. The number of nitrogens with zero attached hydrogens (tertiary/aromatic N) is 4. The highest BCUT2D eigenvalue weighted by Crippen LogP contribution is 2.30. The Morgan fingerprint density at radius 1 is 1.24 bits per heavy atom. The predicted octanol–water partition coefficient (Wildman–Crippen LogP) is 3.87. The Balaban J connectivity index is 1.68. The Hall–Kier alpha value is -4.14. The quantitative estimate of drug-likeness (QED) is 0.487. The maximum Gasteiger partial charge on any atom is 0.248 e. The second-order valence-electron chi connectivity index (χ2n) is 6.21. The van der Waals surface area contributed by atoms with Gasteiger partial charge in [-0.05, 0) is 36.4 Å². The summed E-state index contributed by atoms with van der Waals surface area (Å²) in [5.74, 6) is -0.643. The summed E-state index contributed by atoms with van der Waals surface area (Å²) >= 11 is 0. The Kier molecular flexibility index (Phi) is 4.70. The van der Waals surface area contributed by atoms with Crippen molar-refractivity contribution < 1.29 is 13.9 Å². The van der Waals surface area contributed by atoms with Crippen LogP contribution >= 0.6 is 0 Å². The van der Waals surface area contributed by atoms with Crippen molar-refractivity contribution in [3.05, 3.63) is 73.5 Å². The molecule has 2 N–H and O–H groups in total. The summed E-state index contributed by atoms with van der Waals surface area (Å²) in [7, 11) is 1.90. The van der Waals surface area contributed by atoms with Crippen molar-refractivity contribution in [1.82, 2.24) is 19.2 Å². The molecule has 9 heteroatoms. The molecule has 4 aromatic rings. The lowest BCUT2D eigenvalue weighted by Gasteiger charge is -2.11. The molecule has 1 amide bonds. The SMILES string of the molecule is C=CC(=O)Nc1ccc(F)c(Oc2nc(Nc3ccn(C)c3)nn3cccc23)c1. The first-order valence-electron chi connectivity index (χ1n) is 8.67.